The second-order valence-electron chi connectivity index (χ2n) is 7.72. The summed E-state index contributed by atoms with van der Waals surface area (Å²) in [5.74, 6) is -0.0476. The highest BCUT2D eigenvalue weighted by atomic mass is 16.6. The Morgan fingerprint density at radius 2 is 1.79 bits per heavy atom. The zero-order valence-electron chi connectivity index (χ0n) is 15.4. The fourth-order valence-electron chi connectivity index (χ4n) is 2.97. The molecule has 4 heteroatoms. The van der Waals surface area contributed by atoms with Gasteiger partial charge in [-0.2, -0.15) is 0 Å². The molecule has 1 aromatic rings. The van der Waals surface area contributed by atoms with Gasteiger partial charge in [0.15, 0.2) is 0 Å². The molecular weight excluding hydrogens is 300 g/mol. The third kappa shape index (κ3) is 6.62. The summed E-state index contributed by atoms with van der Waals surface area (Å²) in [7, 11) is 0. The summed E-state index contributed by atoms with van der Waals surface area (Å²) in [5, 5.41) is 0. The maximum absolute atomic E-state index is 11.8. The normalized spacial score (nSPS) is 16.1. The number of piperidine rings is 1. The number of carbonyl (C=O) groups is 1. The van der Waals surface area contributed by atoms with E-state index in [0.717, 1.165) is 26.1 Å². The second-order valence-corrected chi connectivity index (χ2v) is 7.72. The summed E-state index contributed by atoms with van der Waals surface area (Å²) in [5.41, 5.74) is 5.23. The van der Waals surface area contributed by atoms with Gasteiger partial charge in [-0.05, 0) is 48.9 Å². The minimum absolute atomic E-state index is 0.0476. The standard InChI is InChI=1S/C20H32N2O2/c1-20(2,3)18-10-7-17(8-11-18)9-12-19(23)21-24-16-15-22-13-5-4-6-14-22/h7-8,10-11H,4-6,9,12-16H2,1-3H3,(H,21,23). The number of hydroxylamine groups is 1. The topological polar surface area (TPSA) is 41.6 Å². The van der Waals surface area contributed by atoms with Gasteiger partial charge in [0, 0.05) is 13.0 Å². The minimum Gasteiger partial charge on any atom is -0.301 e. The highest BCUT2D eigenvalue weighted by molar-refractivity contribution is 5.75. The van der Waals surface area contributed by atoms with E-state index in [2.05, 4.69) is 55.4 Å². The van der Waals surface area contributed by atoms with Crippen molar-refractivity contribution in [1.82, 2.24) is 10.4 Å². The fourth-order valence-corrected chi connectivity index (χ4v) is 2.97. The van der Waals surface area contributed by atoms with Gasteiger partial charge in [-0.15, -0.1) is 0 Å². The van der Waals surface area contributed by atoms with E-state index in [4.69, 9.17) is 4.84 Å². The largest absolute Gasteiger partial charge is 0.301 e. The van der Waals surface area contributed by atoms with Gasteiger partial charge in [0.25, 0.3) is 0 Å². The van der Waals surface area contributed by atoms with Gasteiger partial charge in [-0.3, -0.25) is 9.63 Å². The molecule has 1 aliphatic heterocycles. The van der Waals surface area contributed by atoms with E-state index in [0.29, 0.717) is 13.0 Å². The second kappa shape index (κ2) is 9.19. The Kier molecular flexibility index (Phi) is 7.25. The third-order valence-electron chi connectivity index (χ3n) is 4.60. The summed E-state index contributed by atoms with van der Waals surface area (Å²) >= 11 is 0. The molecule has 1 aromatic carbocycles. The van der Waals surface area contributed by atoms with Crippen LogP contribution in [0.25, 0.3) is 0 Å². The highest BCUT2D eigenvalue weighted by Gasteiger charge is 2.13. The van der Waals surface area contributed by atoms with Crippen molar-refractivity contribution in [3.8, 4) is 0 Å². The molecule has 0 atom stereocenters. The van der Waals surface area contributed by atoms with Gasteiger partial charge >= 0.3 is 0 Å². The maximum Gasteiger partial charge on any atom is 0.243 e. The highest BCUT2D eigenvalue weighted by Crippen LogP contribution is 2.22. The van der Waals surface area contributed by atoms with E-state index in [9.17, 15) is 4.79 Å². The summed E-state index contributed by atoms with van der Waals surface area (Å²) in [6.45, 7) is 10.4. The van der Waals surface area contributed by atoms with Crippen molar-refractivity contribution in [2.45, 2.75) is 58.3 Å². The van der Waals surface area contributed by atoms with Crippen LogP contribution in [0, 0.1) is 0 Å². The van der Waals surface area contributed by atoms with Gasteiger partial charge in [-0.1, -0.05) is 51.5 Å². The van der Waals surface area contributed by atoms with Crippen LogP contribution in [-0.2, 0) is 21.5 Å². The molecule has 1 N–H and O–H groups in total. The van der Waals surface area contributed by atoms with E-state index < -0.39 is 0 Å². The molecule has 0 saturated carbocycles. The van der Waals surface area contributed by atoms with Crippen LogP contribution < -0.4 is 5.48 Å². The van der Waals surface area contributed by atoms with E-state index in [1.54, 1.807) is 0 Å². The fraction of sp³-hybridized carbons (Fsp3) is 0.650. The zero-order chi connectivity index (χ0) is 17.4. The Morgan fingerprint density at radius 1 is 1.12 bits per heavy atom. The summed E-state index contributed by atoms with van der Waals surface area (Å²) in [6.07, 6.45) is 5.09. The first-order valence-electron chi connectivity index (χ1n) is 9.17. The van der Waals surface area contributed by atoms with Crippen LogP contribution in [0.2, 0.25) is 0 Å². The van der Waals surface area contributed by atoms with Crippen molar-refractivity contribution < 1.29 is 9.63 Å². The first-order valence-corrected chi connectivity index (χ1v) is 9.17. The molecule has 1 amide bonds. The molecule has 1 fully saturated rings. The van der Waals surface area contributed by atoms with Crippen LogP contribution in [-0.4, -0.2) is 37.0 Å². The van der Waals surface area contributed by atoms with Crippen molar-refractivity contribution >= 4 is 5.91 Å². The lowest BCUT2D eigenvalue weighted by Crippen LogP contribution is -2.35. The van der Waals surface area contributed by atoms with Crippen molar-refractivity contribution in [2.24, 2.45) is 0 Å². The number of nitrogens with one attached hydrogen (secondary N) is 1. The quantitative estimate of drug-likeness (QED) is 0.614. The molecule has 0 spiro atoms. The molecule has 0 unspecified atom stereocenters. The number of rotatable bonds is 7. The summed E-state index contributed by atoms with van der Waals surface area (Å²) in [6, 6.07) is 8.54. The molecular formula is C20H32N2O2. The number of aryl methyl sites for hydroxylation is 1. The maximum atomic E-state index is 11.8. The van der Waals surface area contributed by atoms with Gasteiger partial charge < -0.3 is 4.90 Å². The molecule has 2 rings (SSSR count). The predicted octanol–water partition coefficient (Wildman–Crippen LogP) is 3.45. The van der Waals surface area contributed by atoms with E-state index in [1.807, 2.05) is 0 Å². The molecule has 0 aliphatic carbocycles. The lowest BCUT2D eigenvalue weighted by molar-refractivity contribution is -0.133. The smallest absolute Gasteiger partial charge is 0.243 e. The van der Waals surface area contributed by atoms with Crippen LogP contribution in [0.5, 0.6) is 0 Å². The molecule has 4 nitrogen and oxygen atoms in total. The Bertz CT molecular complexity index is 499. The average Bonchev–Trinajstić information content (AvgIpc) is 2.57. The summed E-state index contributed by atoms with van der Waals surface area (Å²) in [4.78, 5) is 19.5. The first-order chi connectivity index (χ1) is 11.4. The molecule has 1 saturated heterocycles. The average molecular weight is 332 g/mol. The van der Waals surface area contributed by atoms with Crippen LogP contribution in [0.3, 0.4) is 0 Å². The minimum atomic E-state index is -0.0476. The lowest BCUT2D eigenvalue weighted by Gasteiger charge is -2.25. The Labute approximate surface area is 146 Å². The number of likely N-dealkylation sites (tertiary alicyclic amines) is 1. The molecule has 24 heavy (non-hydrogen) atoms. The van der Waals surface area contributed by atoms with Gasteiger partial charge in [0.05, 0.1) is 6.61 Å². The van der Waals surface area contributed by atoms with Gasteiger partial charge in [0.2, 0.25) is 5.91 Å². The number of hydrogen-bond acceptors (Lipinski definition) is 3. The lowest BCUT2D eigenvalue weighted by atomic mass is 9.86. The third-order valence-corrected chi connectivity index (χ3v) is 4.60. The van der Waals surface area contributed by atoms with Crippen molar-refractivity contribution in [1.29, 1.82) is 0 Å². The van der Waals surface area contributed by atoms with E-state index in [-0.39, 0.29) is 11.3 Å². The SMILES string of the molecule is CC(C)(C)c1ccc(CCC(=O)NOCCN2CCCCC2)cc1. The van der Waals surface area contributed by atoms with Crippen molar-refractivity contribution in [3.05, 3.63) is 35.4 Å². The molecule has 0 bridgehead atoms. The monoisotopic (exact) mass is 332 g/mol. The summed E-state index contributed by atoms with van der Waals surface area (Å²) < 4.78 is 0. The number of amides is 1. The van der Waals surface area contributed by atoms with Gasteiger partial charge in [-0.25, -0.2) is 5.48 Å². The van der Waals surface area contributed by atoms with Crippen LogP contribution >= 0.6 is 0 Å². The number of benzene rings is 1. The van der Waals surface area contributed by atoms with Crippen molar-refractivity contribution in [3.63, 3.8) is 0 Å². The number of nitrogens with zero attached hydrogens (tertiary/aromatic N) is 1. The molecule has 0 radical (unpaired) electrons. The molecule has 1 heterocycles. The molecule has 1 aliphatic rings. The Morgan fingerprint density at radius 3 is 2.42 bits per heavy atom. The van der Waals surface area contributed by atoms with Gasteiger partial charge in [0.1, 0.15) is 0 Å². The van der Waals surface area contributed by atoms with Crippen LogP contribution in [0.15, 0.2) is 24.3 Å². The number of hydrogen-bond donors (Lipinski definition) is 1. The van der Waals surface area contributed by atoms with Crippen LogP contribution in [0.1, 0.15) is 57.6 Å². The van der Waals surface area contributed by atoms with Crippen molar-refractivity contribution in [2.75, 3.05) is 26.2 Å². The van der Waals surface area contributed by atoms with E-state index >= 15 is 0 Å². The molecule has 134 valence electrons. The zero-order valence-corrected chi connectivity index (χ0v) is 15.4. The number of carbonyl (C=O) groups excluding carboxylic acids is 1. The molecule has 0 aromatic heterocycles. The predicted molar refractivity (Wildman–Crippen MR) is 97.8 cm³/mol. The van der Waals surface area contributed by atoms with E-state index in [1.165, 1.54) is 30.4 Å². The van der Waals surface area contributed by atoms with Crippen LogP contribution in [0.4, 0.5) is 0 Å². The Balaban J connectivity index is 1.60. The Hall–Kier alpha value is -1.39. The first kappa shape index (κ1) is 18.9.